The molecule has 1 heterocycles. The van der Waals surface area contributed by atoms with Crippen LogP contribution in [0.3, 0.4) is 0 Å². The average Bonchev–Trinajstić information content (AvgIpc) is 2.34. The number of hydrogen-bond donors (Lipinski definition) is 2. The molecule has 0 aromatic rings. The Morgan fingerprint density at radius 1 is 1.47 bits per heavy atom. The number of nitrogens with two attached hydrogens (primary N) is 1. The maximum absolute atomic E-state index is 12.4. The molecule has 1 saturated heterocycles. The minimum absolute atomic E-state index is 0.0115. The van der Waals surface area contributed by atoms with E-state index in [4.69, 9.17) is 5.73 Å². The van der Waals surface area contributed by atoms with Gasteiger partial charge in [-0.25, -0.2) is 0 Å². The second kappa shape index (κ2) is 6.97. The van der Waals surface area contributed by atoms with Gasteiger partial charge >= 0.3 is 0 Å². The molecule has 1 amide bonds. The van der Waals surface area contributed by atoms with E-state index >= 15 is 0 Å². The molecule has 1 rings (SSSR count). The first-order chi connectivity index (χ1) is 8.10. The van der Waals surface area contributed by atoms with E-state index in [0.717, 1.165) is 32.2 Å². The molecule has 0 aliphatic carbocycles. The van der Waals surface area contributed by atoms with Crippen LogP contribution in [-0.2, 0) is 4.79 Å². The van der Waals surface area contributed by atoms with Crippen molar-refractivity contribution in [2.75, 3.05) is 19.7 Å². The van der Waals surface area contributed by atoms with Gasteiger partial charge in [-0.3, -0.25) is 4.79 Å². The number of rotatable bonds is 5. The molecule has 0 radical (unpaired) electrons. The average molecular weight is 242 g/mol. The third-order valence-electron chi connectivity index (χ3n) is 3.51. The lowest BCUT2D eigenvalue weighted by Crippen LogP contribution is -2.49. The normalized spacial score (nSPS) is 22.9. The van der Waals surface area contributed by atoms with Crippen LogP contribution in [0.2, 0.25) is 0 Å². The number of carbonyl (C=O) groups is 1. The molecular formula is C13H26N2O2. The van der Waals surface area contributed by atoms with Crippen LogP contribution in [0.5, 0.6) is 0 Å². The number of nitrogens with zero attached hydrogens (tertiary/aromatic N) is 1. The van der Waals surface area contributed by atoms with E-state index in [0.29, 0.717) is 12.5 Å². The molecule has 100 valence electrons. The molecule has 1 aliphatic rings. The molecule has 0 spiro atoms. The standard InChI is InChI=1S/C13H26N2O2/c1-10(2)7-11(8-14)13(17)15-6-4-3-5-12(15)9-16/h10-12,16H,3-9,14H2,1-2H3. The van der Waals surface area contributed by atoms with Crippen LogP contribution in [0.1, 0.15) is 39.5 Å². The van der Waals surface area contributed by atoms with Crippen LogP contribution in [0.4, 0.5) is 0 Å². The second-order valence-electron chi connectivity index (χ2n) is 5.43. The van der Waals surface area contributed by atoms with Crippen molar-refractivity contribution in [2.24, 2.45) is 17.6 Å². The van der Waals surface area contributed by atoms with Gasteiger partial charge in [0.15, 0.2) is 0 Å². The van der Waals surface area contributed by atoms with Gasteiger partial charge in [-0.15, -0.1) is 0 Å². The van der Waals surface area contributed by atoms with Gasteiger partial charge in [-0.05, 0) is 31.6 Å². The zero-order valence-corrected chi connectivity index (χ0v) is 11.1. The highest BCUT2D eigenvalue weighted by Gasteiger charge is 2.30. The number of aliphatic hydroxyl groups is 1. The third kappa shape index (κ3) is 3.96. The van der Waals surface area contributed by atoms with E-state index in [1.54, 1.807) is 0 Å². The number of hydrogen-bond acceptors (Lipinski definition) is 3. The van der Waals surface area contributed by atoms with Crippen LogP contribution >= 0.6 is 0 Å². The number of amides is 1. The summed E-state index contributed by atoms with van der Waals surface area (Å²) in [5, 5.41) is 9.32. The molecule has 1 fully saturated rings. The van der Waals surface area contributed by atoms with Crippen molar-refractivity contribution in [1.82, 2.24) is 4.90 Å². The Morgan fingerprint density at radius 3 is 2.71 bits per heavy atom. The Labute approximate surface area is 104 Å². The van der Waals surface area contributed by atoms with Crippen molar-refractivity contribution in [3.8, 4) is 0 Å². The molecule has 2 atom stereocenters. The van der Waals surface area contributed by atoms with Gasteiger partial charge in [-0.1, -0.05) is 13.8 Å². The first-order valence-corrected chi connectivity index (χ1v) is 6.71. The zero-order valence-electron chi connectivity index (χ0n) is 11.1. The lowest BCUT2D eigenvalue weighted by molar-refractivity contribution is -0.140. The van der Waals surface area contributed by atoms with Gasteiger partial charge in [0.05, 0.1) is 18.6 Å². The van der Waals surface area contributed by atoms with Crippen molar-refractivity contribution >= 4 is 5.91 Å². The van der Waals surface area contributed by atoms with E-state index in [1.807, 2.05) is 4.90 Å². The maximum atomic E-state index is 12.4. The van der Waals surface area contributed by atoms with Crippen molar-refractivity contribution in [3.05, 3.63) is 0 Å². The molecule has 0 aromatic heterocycles. The van der Waals surface area contributed by atoms with Gasteiger partial charge in [-0.2, -0.15) is 0 Å². The topological polar surface area (TPSA) is 66.6 Å². The highest BCUT2D eigenvalue weighted by atomic mass is 16.3. The van der Waals surface area contributed by atoms with Crippen LogP contribution in [-0.4, -0.2) is 41.7 Å². The Balaban J connectivity index is 2.64. The summed E-state index contributed by atoms with van der Waals surface area (Å²) in [6.45, 7) is 5.47. The highest BCUT2D eigenvalue weighted by molar-refractivity contribution is 5.79. The molecule has 4 heteroatoms. The van der Waals surface area contributed by atoms with Crippen LogP contribution in [0.25, 0.3) is 0 Å². The smallest absolute Gasteiger partial charge is 0.227 e. The number of likely N-dealkylation sites (tertiary alicyclic amines) is 1. The summed E-state index contributed by atoms with van der Waals surface area (Å²) in [6, 6.07) is 0.0115. The summed E-state index contributed by atoms with van der Waals surface area (Å²) in [6.07, 6.45) is 3.90. The van der Waals surface area contributed by atoms with Crippen LogP contribution < -0.4 is 5.73 Å². The van der Waals surface area contributed by atoms with Crippen molar-refractivity contribution in [3.63, 3.8) is 0 Å². The van der Waals surface area contributed by atoms with E-state index in [9.17, 15) is 9.90 Å². The molecule has 0 bridgehead atoms. The van der Waals surface area contributed by atoms with Crippen molar-refractivity contribution in [1.29, 1.82) is 0 Å². The van der Waals surface area contributed by atoms with E-state index in [1.165, 1.54) is 0 Å². The Bertz CT molecular complexity index is 244. The molecule has 0 aromatic carbocycles. The fourth-order valence-electron chi connectivity index (χ4n) is 2.58. The summed E-state index contributed by atoms with van der Waals surface area (Å²) < 4.78 is 0. The van der Waals surface area contributed by atoms with Gasteiger partial charge in [0.25, 0.3) is 0 Å². The molecular weight excluding hydrogens is 216 g/mol. The molecule has 0 saturated carbocycles. The fraction of sp³-hybridized carbons (Fsp3) is 0.923. The first kappa shape index (κ1) is 14.5. The van der Waals surface area contributed by atoms with Crippen LogP contribution in [0.15, 0.2) is 0 Å². The van der Waals surface area contributed by atoms with Gasteiger partial charge in [0, 0.05) is 13.1 Å². The third-order valence-corrected chi connectivity index (χ3v) is 3.51. The predicted molar refractivity (Wildman–Crippen MR) is 68.4 cm³/mol. The minimum atomic E-state index is -0.0813. The van der Waals surface area contributed by atoms with E-state index in [-0.39, 0.29) is 24.5 Å². The van der Waals surface area contributed by atoms with E-state index in [2.05, 4.69) is 13.8 Å². The van der Waals surface area contributed by atoms with Crippen molar-refractivity contribution < 1.29 is 9.90 Å². The molecule has 4 nitrogen and oxygen atoms in total. The van der Waals surface area contributed by atoms with Crippen LogP contribution in [0, 0.1) is 11.8 Å². The maximum Gasteiger partial charge on any atom is 0.227 e. The summed E-state index contributed by atoms with van der Waals surface area (Å²) in [7, 11) is 0. The predicted octanol–water partition coefficient (Wildman–Crippen LogP) is 0.981. The molecule has 1 aliphatic heterocycles. The Morgan fingerprint density at radius 2 is 2.18 bits per heavy atom. The summed E-state index contributed by atoms with van der Waals surface area (Å²) in [5.41, 5.74) is 5.71. The first-order valence-electron chi connectivity index (χ1n) is 6.71. The second-order valence-corrected chi connectivity index (χ2v) is 5.43. The van der Waals surface area contributed by atoms with Gasteiger partial charge in [0.1, 0.15) is 0 Å². The molecule has 17 heavy (non-hydrogen) atoms. The Kier molecular flexibility index (Phi) is 5.92. The van der Waals surface area contributed by atoms with Gasteiger partial charge in [0.2, 0.25) is 5.91 Å². The highest BCUT2D eigenvalue weighted by Crippen LogP contribution is 2.21. The lowest BCUT2D eigenvalue weighted by atomic mass is 9.93. The SMILES string of the molecule is CC(C)CC(CN)C(=O)N1CCCCC1CO. The Hall–Kier alpha value is -0.610. The lowest BCUT2D eigenvalue weighted by Gasteiger charge is -2.37. The number of carbonyl (C=O) groups excluding carboxylic acids is 1. The minimum Gasteiger partial charge on any atom is -0.394 e. The molecule has 2 unspecified atom stereocenters. The monoisotopic (exact) mass is 242 g/mol. The van der Waals surface area contributed by atoms with E-state index < -0.39 is 0 Å². The molecule has 3 N–H and O–H groups in total. The quantitative estimate of drug-likeness (QED) is 0.755. The number of piperidine rings is 1. The summed E-state index contributed by atoms with van der Waals surface area (Å²) in [4.78, 5) is 14.2. The zero-order chi connectivity index (χ0) is 12.8. The summed E-state index contributed by atoms with van der Waals surface area (Å²) in [5.74, 6) is 0.534. The fourth-order valence-corrected chi connectivity index (χ4v) is 2.58. The summed E-state index contributed by atoms with van der Waals surface area (Å²) >= 11 is 0. The van der Waals surface area contributed by atoms with Crippen molar-refractivity contribution in [2.45, 2.75) is 45.6 Å². The largest absolute Gasteiger partial charge is 0.394 e. The van der Waals surface area contributed by atoms with Gasteiger partial charge < -0.3 is 15.7 Å². The number of aliphatic hydroxyl groups excluding tert-OH is 1.